The number of benzene rings is 2. The van der Waals surface area contributed by atoms with Gasteiger partial charge < -0.3 is 15.3 Å². The SMILES string of the molecule is O=C(O)c1cc(N=Cc2ccc(O)cc2)ccc1O. The molecule has 19 heavy (non-hydrogen) atoms. The first-order chi connectivity index (χ1) is 9.06. The smallest absolute Gasteiger partial charge is 0.339 e. The Labute approximate surface area is 109 Å². The summed E-state index contributed by atoms with van der Waals surface area (Å²) in [5.74, 6) is -1.34. The summed E-state index contributed by atoms with van der Waals surface area (Å²) in [6, 6.07) is 10.5. The number of aliphatic imine (C=N–C) groups is 1. The van der Waals surface area contributed by atoms with E-state index < -0.39 is 5.97 Å². The molecule has 0 spiro atoms. The Morgan fingerprint density at radius 2 is 1.74 bits per heavy atom. The first kappa shape index (κ1) is 12.6. The van der Waals surface area contributed by atoms with E-state index in [9.17, 15) is 9.90 Å². The van der Waals surface area contributed by atoms with Crippen molar-refractivity contribution in [2.24, 2.45) is 4.99 Å². The Kier molecular flexibility index (Phi) is 3.47. The monoisotopic (exact) mass is 257 g/mol. The third-order valence-electron chi connectivity index (χ3n) is 2.47. The number of carboxylic acid groups (broad SMARTS) is 1. The number of rotatable bonds is 3. The summed E-state index contributed by atoms with van der Waals surface area (Å²) in [4.78, 5) is 15.0. The van der Waals surface area contributed by atoms with E-state index in [4.69, 9.17) is 10.2 Å². The van der Waals surface area contributed by atoms with Crippen LogP contribution >= 0.6 is 0 Å². The molecule has 0 fully saturated rings. The van der Waals surface area contributed by atoms with Crippen LogP contribution in [-0.4, -0.2) is 27.5 Å². The van der Waals surface area contributed by atoms with Crippen LogP contribution in [0.2, 0.25) is 0 Å². The highest BCUT2D eigenvalue weighted by atomic mass is 16.4. The van der Waals surface area contributed by atoms with Crippen LogP contribution in [0, 0.1) is 0 Å². The number of nitrogens with zero attached hydrogens (tertiary/aromatic N) is 1. The lowest BCUT2D eigenvalue weighted by Crippen LogP contribution is -1.95. The van der Waals surface area contributed by atoms with Gasteiger partial charge in [-0.15, -0.1) is 0 Å². The van der Waals surface area contributed by atoms with Crippen molar-refractivity contribution in [1.29, 1.82) is 0 Å². The van der Waals surface area contributed by atoms with Crippen molar-refractivity contribution >= 4 is 17.9 Å². The van der Waals surface area contributed by atoms with E-state index in [2.05, 4.69) is 4.99 Å². The molecule has 0 saturated carbocycles. The zero-order valence-corrected chi connectivity index (χ0v) is 9.82. The highest BCUT2D eigenvalue weighted by Gasteiger charge is 2.09. The quantitative estimate of drug-likeness (QED) is 0.737. The van der Waals surface area contributed by atoms with Crippen molar-refractivity contribution in [2.75, 3.05) is 0 Å². The average molecular weight is 257 g/mol. The molecule has 96 valence electrons. The predicted molar refractivity (Wildman–Crippen MR) is 70.4 cm³/mol. The average Bonchev–Trinajstić information content (AvgIpc) is 2.39. The van der Waals surface area contributed by atoms with Gasteiger partial charge in [-0.1, -0.05) is 0 Å². The lowest BCUT2D eigenvalue weighted by Gasteiger charge is -2.00. The van der Waals surface area contributed by atoms with Gasteiger partial charge in [-0.05, 0) is 48.0 Å². The van der Waals surface area contributed by atoms with E-state index in [0.717, 1.165) is 5.56 Å². The predicted octanol–water partition coefficient (Wildman–Crippen LogP) is 2.55. The van der Waals surface area contributed by atoms with Crippen LogP contribution in [0.1, 0.15) is 15.9 Å². The Morgan fingerprint density at radius 1 is 1.05 bits per heavy atom. The highest BCUT2D eigenvalue weighted by molar-refractivity contribution is 5.92. The van der Waals surface area contributed by atoms with Crippen LogP contribution in [0.4, 0.5) is 5.69 Å². The third kappa shape index (κ3) is 3.10. The van der Waals surface area contributed by atoms with Crippen LogP contribution in [0.25, 0.3) is 0 Å². The van der Waals surface area contributed by atoms with Gasteiger partial charge >= 0.3 is 5.97 Å². The van der Waals surface area contributed by atoms with E-state index in [1.165, 1.54) is 36.5 Å². The first-order valence-corrected chi connectivity index (χ1v) is 5.45. The lowest BCUT2D eigenvalue weighted by atomic mass is 10.2. The van der Waals surface area contributed by atoms with E-state index >= 15 is 0 Å². The fraction of sp³-hybridized carbons (Fsp3) is 0. The maximum atomic E-state index is 10.8. The minimum absolute atomic E-state index is 0.162. The molecule has 0 heterocycles. The van der Waals surface area contributed by atoms with Gasteiger partial charge in [0.2, 0.25) is 0 Å². The summed E-state index contributed by atoms with van der Waals surface area (Å²) in [5.41, 5.74) is 0.992. The first-order valence-electron chi connectivity index (χ1n) is 5.45. The molecule has 0 bridgehead atoms. The zero-order valence-electron chi connectivity index (χ0n) is 9.82. The van der Waals surface area contributed by atoms with Crippen LogP contribution in [0.15, 0.2) is 47.5 Å². The minimum Gasteiger partial charge on any atom is -0.508 e. The molecule has 2 aromatic rings. The van der Waals surface area contributed by atoms with Crippen LogP contribution < -0.4 is 0 Å². The molecule has 0 aliphatic heterocycles. The molecule has 0 atom stereocenters. The fourth-order valence-electron chi connectivity index (χ4n) is 1.49. The number of hydrogen-bond acceptors (Lipinski definition) is 4. The van der Waals surface area contributed by atoms with E-state index in [0.29, 0.717) is 5.69 Å². The summed E-state index contributed by atoms with van der Waals surface area (Å²) in [6.45, 7) is 0. The van der Waals surface area contributed by atoms with E-state index in [1.54, 1.807) is 12.1 Å². The van der Waals surface area contributed by atoms with Gasteiger partial charge in [0.1, 0.15) is 17.1 Å². The Balaban J connectivity index is 2.26. The molecule has 0 unspecified atom stereocenters. The topological polar surface area (TPSA) is 90.1 Å². The van der Waals surface area contributed by atoms with Gasteiger partial charge in [-0.2, -0.15) is 0 Å². The minimum atomic E-state index is -1.21. The number of hydrogen-bond donors (Lipinski definition) is 3. The molecular weight excluding hydrogens is 246 g/mol. The van der Waals surface area contributed by atoms with Crippen LogP contribution in [0.5, 0.6) is 11.5 Å². The van der Waals surface area contributed by atoms with Crippen LogP contribution in [-0.2, 0) is 0 Å². The number of phenols is 2. The van der Waals surface area contributed by atoms with Gasteiger partial charge in [-0.3, -0.25) is 4.99 Å². The summed E-state index contributed by atoms with van der Waals surface area (Å²) in [6.07, 6.45) is 1.54. The fourth-order valence-corrected chi connectivity index (χ4v) is 1.49. The Bertz CT molecular complexity index is 632. The number of aromatic hydroxyl groups is 2. The number of phenolic OH excluding ortho intramolecular Hbond substituents is 1. The summed E-state index contributed by atoms with van der Waals surface area (Å²) >= 11 is 0. The highest BCUT2D eigenvalue weighted by Crippen LogP contribution is 2.23. The summed E-state index contributed by atoms with van der Waals surface area (Å²) in [5, 5.41) is 27.4. The van der Waals surface area contributed by atoms with Crippen molar-refractivity contribution in [3.63, 3.8) is 0 Å². The maximum Gasteiger partial charge on any atom is 0.339 e. The molecule has 0 aromatic heterocycles. The van der Waals surface area contributed by atoms with Gasteiger partial charge in [0, 0.05) is 6.21 Å². The molecule has 5 nitrogen and oxygen atoms in total. The summed E-state index contributed by atoms with van der Waals surface area (Å²) < 4.78 is 0. The van der Waals surface area contributed by atoms with E-state index in [1.807, 2.05) is 0 Å². The molecule has 2 aromatic carbocycles. The van der Waals surface area contributed by atoms with Crippen molar-refractivity contribution in [1.82, 2.24) is 0 Å². The second kappa shape index (κ2) is 5.22. The lowest BCUT2D eigenvalue weighted by molar-refractivity contribution is 0.0694. The van der Waals surface area contributed by atoms with Crippen LogP contribution in [0.3, 0.4) is 0 Å². The Morgan fingerprint density at radius 3 is 2.37 bits per heavy atom. The van der Waals surface area contributed by atoms with Gasteiger partial charge in [0.15, 0.2) is 0 Å². The molecule has 2 rings (SSSR count). The normalized spacial score (nSPS) is 10.7. The molecule has 3 N–H and O–H groups in total. The third-order valence-corrected chi connectivity index (χ3v) is 2.47. The number of carbonyl (C=O) groups is 1. The standard InChI is InChI=1S/C14H11NO4/c16-11-4-1-9(2-5-11)8-15-10-3-6-13(17)12(7-10)14(18)19/h1-8,16-17H,(H,18,19). The van der Waals surface area contributed by atoms with Crippen molar-refractivity contribution < 1.29 is 20.1 Å². The van der Waals surface area contributed by atoms with Gasteiger partial charge in [0.05, 0.1) is 5.69 Å². The molecule has 5 heteroatoms. The molecule has 0 saturated heterocycles. The number of carboxylic acids is 1. The molecule has 0 amide bonds. The second-order valence-electron chi connectivity index (χ2n) is 3.86. The molecule has 0 aliphatic rings. The molecule has 0 radical (unpaired) electrons. The van der Waals surface area contributed by atoms with Gasteiger partial charge in [0.25, 0.3) is 0 Å². The van der Waals surface area contributed by atoms with Crippen molar-refractivity contribution in [3.05, 3.63) is 53.6 Å². The Hall–Kier alpha value is -2.82. The molecular formula is C14H11NO4. The maximum absolute atomic E-state index is 10.8. The summed E-state index contributed by atoms with van der Waals surface area (Å²) in [7, 11) is 0. The van der Waals surface area contributed by atoms with Gasteiger partial charge in [-0.25, -0.2) is 4.79 Å². The second-order valence-corrected chi connectivity index (χ2v) is 3.86. The van der Waals surface area contributed by atoms with Crippen molar-refractivity contribution in [2.45, 2.75) is 0 Å². The molecule has 0 aliphatic carbocycles. The van der Waals surface area contributed by atoms with E-state index in [-0.39, 0.29) is 17.1 Å². The zero-order chi connectivity index (χ0) is 13.8. The number of aromatic carboxylic acids is 1. The van der Waals surface area contributed by atoms with Crippen molar-refractivity contribution in [3.8, 4) is 11.5 Å². The largest absolute Gasteiger partial charge is 0.508 e.